The van der Waals surface area contributed by atoms with Gasteiger partial charge in [0.15, 0.2) is 0 Å². The Kier molecular flexibility index (Phi) is 3.49. The molecule has 2 aliphatic rings. The van der Waals surface area contributed by atoms with Crippen molar-refractivity contribution < 1.29 is 19.5 Å². The summed E-state index contributed by atoms with van der Waals surface area (Å²) in [7, 11) is 0. The Morgan fingerprint density at radius 3 is 2.19 bits per heavy atom. The highest BCUT2D eigenvalue weighted by Gasteiger charge is 2.45. The predicted octanol–water partition coefficient (Wildman–Crippen LogP) is 1.99. The van der Waals surface area contributed by atoms with Crippen molar-refractivity contribution in [3.05, 3.63) is 29.8 Å². The van der Waals surface area contributed by atoms with Gasteiger partial charge in [-0.15, -0.1) is 0 Å². The summed E-state index contributed by atoms with van der Waals surface area (Å²) in [4.78, 5) is 36.5. The van der Waals surface area contributed by atoms with Crippen molar-refractivity contribution in [2.75, 3.05) is 4.90 Å². The lowest BCUT2D eigenvalue weighted by atomic mass is 9.96. The fraction of sp³-hybridized carbons (Fsp3) is 0.438. The first kappa shape index (κ1) is 13.8. The van der Waals surface area contributed by atoms with Gasteiger partial charge in [-0.05, 0) is 43.4 Å². The topological polar surface area (TPSA) is 74.7 Å². The Balaban J connectivity index is 1.78. The van der Waals surface area contributed by atoms with Crippen molar-refractivity contribution in [2.24, 2.45) is 11.8 Å². The molecule has 0 spiro atoms. The number of carbonyl (C=O) groups excluding carboxylic acids is 2. The third-order valence-electron chi connectivity index (χ3n) is 4.39. The zero-order valence-electron chi connectivity index (χ0n) is 11.6. The van der Waals surface area contributed by atoms with Crippen LogP contribution in [0.4, 0.5) is 5.69 Å². The van der Waals surface area contributed by atoms with Gasteiger partial charge in [0.1, 0.15) is 0 Å². The fourth-order valence-electron chi connectivity index (χ4n) is 3.22. The summed E-state index contributed by atoms with van der Waals surface area (Å²) in [6.07, 6.45) is 2.84. The molecule has 1 aliphatic carbocycles. The lowest BCUT2D eigenvalue weighted by Gasteiger charge is -2.29. The summed E-state index contributed by atoms with van der Waals surface area (Å²) in [6, 6.07) is 7.04. The van der Waals surface area contributed by atoms with E-state index in [9.17, 15) is 14.4 Å². The summed E-state index contributed by atoms with van der Waals surface area (Å²) in [5.41, 5.74) is 1.49. The molecule has 3 rings (SSSR count). The number of fused-ring (bicyclic) bond motifs is 2. The lowest BCUT2D eigenvalue weighted by molar-refractivity contribution is -0.137. The molecular weight excluding hydrogens is 270 g/mol. The van der Waals surface area contributed by atoms with E-state index >= 15 is 0 Å². The number of rotatable bonds is 4. The second kappa shape index (κ2) is 5.31. The SMILES string of the molecule is O=C(O)CCc1ccc(N2C(=O)C3CCC(C3)C2=O)cc1. The number of aryl methyl sites for hydroxylation is 1. The van der Waals surface area contributed by atoms with E-state index in [2.05, 4.69) is 0 Å². The molecule has 1 heterocycles. The van der Waals surface area contributed by atoms with Crippen LogP contribution in [0.25, 0.3) is 0 Å². The van der Waals surface area contributed by atoms with Crippen LogP contribution in [0.15, 0.2) is 24.3 Å². The van der Waals surface area contributed by atoms with E-state index in [0.717, 1.165) is 18.4 Å². The maximum Gasteiger partial charge on any atom is 0.303 e. The van der Waals surface area contributed by atoms with Crippen LogP contribution in [-0.2, 0) is 20.8 Å². The highest BCUT2D eigenvalue weighted by atomic mass is 16.4. The number of hydrogen-bond acceptors (Lipinski definition) is 3. The summed E-state index contributed by atoms with van der Waals surface area (Å²) in [5.74, 6) is -1.05. The molecule has 2 bridgehead atoms. The van der Waals surface area contributed by atoms with Crippen molar-refractivity contribution in [3.8, 4) is 0 Å². The van der Waals surface area contributed by atoms with Crippen LogP contribution in [0.5, 0.6) is 0 Å². The highest BCUT2D eigenvalue weighted by Crippen LogP contribution is 2.39. The van der Waals surface area contributed by atoms with E-state index in [0.29, 0.717) is 18.5 Å². The average molecular weight is 287 g/mol. The molecule has 21 heavy (non-hydrogen) atoms. The second-order valence-corrected chi connectivity index (χ2v) is 5.78. The van der Waals surface area contributed by atoms with Gasteiger partial charge < -0.3 is 5.11 Å². The van der Waals surface area contributed by atoms with E-state index in [1.807, 2.05) is 0 Å². The molecule has 1 aromatic carbocycles. The summed E-state index contributed by atoms with van der Waals surface area (Å²) < 4.78 is 0. The third kappa shape index (κ3) is 2.55. The molecule has 0 aromatic heterocycles. The van der Waals surface area contributed by atoms with Gasteiger partial charge >= 0.3 is 5.97 Å². The van der Waals surface area contributed by atoms with Crippen LogP contribution in [-0.4, -0.2) is 22.9 Å². The minimum Gasteiger partial charge on any atom is -0.481 e. The van der Waals surface area contributed by atoms with Gasteiger partial charge in [-0.3, -0.25) is 19.3 Å². The number of amides is 2. The number of piperidine rings is 1. The fourth-order valence-corrected chi connectivity index (χ4v) is 3.22. The zero-order valence-corrected chi connectivity index (χ0v) is 11.6. The van der Waals surface area contributed by atoms with Crippen molar-refractivity contribution >= 4 is 23.5 Å². The summed E-state index contributed by atoms with van der Waals surface area (Å²) in [6.45, 7) is 0. The second-order valence-electron chi connectivity index (χ2n) is 5.78. The van der Waals surface area contributed by atoms with Crippen molar-refractivity contribution in [2.45, 2.75) is 32.1 Å². The zero-order chi connectivity index (χ0) is 15.0. The molecule has 2 fully saturated rings. The molecule has 1 saturated heterocycles. The monoisotopic (exact) mass is 287 g/mol. The molecule has 5 heteroatoms. The maximum atomic E-state index is 12.3. The molecule has 110 valence electrons. The van der Waals surface area contributed by atoms with Gasteiger partial charge in [-0.2, -0.15) is 0 Å². The number of benzene rings is 1. The van der Waals surface area contributed by atoms with E-state index in [1.165, 1.54) is 4.90 Å². The summed E-state index contributed by atoms with van der Waals surface area (Å²) in [5, 5.41) is 8.67. The Hall–Kier alpha value is -2.17. The van der Waals surface area contributed by atoms with Gasteiger partial charge in [-0.25, -0.2) is 0 Å². The van der Waals surface area contributed by atoms with Crippen molar-refractivity contribution in [3.63, 3.8) is 0 Å². The molecule has 5 nitrogen and oxygen atoms in total. The molecule has 0 radical (unpaired) electrons. The molecular formula is C16H17NO4. The normalized spacial score (nSPS) is 24.5. The first-order chi connectivity index (χ1) is 10.1. The Bertz CT molecular complexity index is 571. The van der Waals surface area contributed by atoms with Gasteiger partial charge in [0.05, 0.1) is 5.69 Å². The largest absolute Gasteiger partial charge is 0.481 e. The molecule has 2 amide bonds. The predicted molar refractivity (Wildman–Crippen MR) is 75.7 cm³/mol. The number of hydrogen-bond donors (Lipinski definition) is 1. The lowest BCUT2D eigenvalue weighted by Crippen LogP contribution is -2.46. The summed E-state index contributed by atoms with van der Waals surface area (Å²) >= 11 is 0. The van der Waals surface area contributed by atoms with Crippen LogP contribution >= 0.6 is 0 Å². The molecule has 2 unspecified atom stereocenters. The minimum absolute atomic E-state index is 0.0145. The van der Waals surface area contributed by atoms with E-state index in [4.69, 9.17) is 5.11 Å². The van der Waals surface area contributed by atoms with Crippen LogP contribution in [0, 0.1) is 11.8 Å². The van der Waals surface area contributed by atoms with E-state index in [-0.39, 0.29) is 30.1 Å². The number of imide groups is 1. The number of aliphatic carboxylic acids is 1. The smallest absolute Gasteiger partial charge is 0.303 e. The third-order valence-corrected chi connectivity index (χ3v) is 4.39. The number of anilines is 1. The number of carbonyl (C=O) groups is 3. The van der Waals surface area contributed by atoms with Crippen molar-refractivity contribution in [1.82, 2.24) is 0 Å². The van der Waals surface area contributed by atoms with Gasteiger partial charge in [-0.1, -0.05) is 12.1 Å². The standard InChI is InChI=1S/C16H17NO4/c18-14(19)8-3-10-1-6-13(7-2-10)17-15(20)11-4-5-12(9-11)16(17)21/h1-2,6-7,11-12H,3-5,8-9H2,(H,18,19). The van der Waals surface area contributed by atoms with E-state index < -0.39 is 5.97 Å². The van der Waals surface area contributed by atoms with Crippen LogP contribution in [0.3, 0.4) is 0 Å². The van der Waals surface area contributed by atoms with E-state index in [1.54, 1.807) is 24.3 Å². The Morgan fingerprint density at radius 1 is 1.10 bits per heavy atom. The average Bonchev–Trinajstić information content (AvgIpc) is 2.92. The van der Waals surface area contributed by atoms with Crippen molar-refractivity contribution in [1.29, 1.82) is 0 Å². The molecule has 1 aliphatic heterocycles. The first-order valence-corrected chi connectivity index (χ1v) is 7.25. The molecule has 2 atom stereocenters. The first-order valence-electron chi connectivity index (χ1n) is 7.25. The van der Waals surface area contributed by atoms with Gasteiger partial charge in [0.25, 0.3) is 0 Å². The maximum absolute atomic E-state index is 12.3. The quantitative estimate of drug-likeness (QED) is 0.859. The highest BCUT2D eigenvalue weighted by molar-refractivity contribution is 6.18. The number of carboxylic acids is 1. The van der Waals surface area contributed by atoms with Crippen LogP contribution in [0.1, 0.15) is 31.2 Å². The van der Waals surface area contributed by atoms with Crippen LogP contribution in [0.2, 0.25) is 0 Å². The molecule has 1 saturated carbocycles. The van der Waals surface area contributed by atoms with Gasteiger partial charge in [0.2, 0.25) is 11.8 Å². The number of nitrogens with zero attached hydrogens (tertiary/aromatic N) is 1. The Morgan fingerprint density at radius 2 is 1.67 bits per heavy atom. The molecule has 1 aromatic rings. The molecule has 1 N–H and O–H groups in total. The minimum atomic E-state index is -0.836. The Labute approximate surface area is 122 Å². The van der Waals surface area contributed by atoms with Gasteiger partial charge in [0, 0.05) is 18.3 Å². The number of carboxylic acid groups (broad SMARTS) is 1. The van der Waals surface area contributed by atoms with Crippen LogP contribution < -0.4 is 4.90 Å².